The van der Waals surface area contributed by atoms with Crippen molar-refractivity contribution in [1.82, 2.24) is 25.4 Å². The zero-order valence-electron chi connectivity index (χ0n) is 11.2. The molecule has 1 aromatic heterocycles. The van der Waals surface area contributed by atoms with Crippen molar-refractivity contribution in [3.63, 3.8) is 0 Å². The van der Waals surface area contributed by atoms with E-state index in [0.717, 1.165) is 11.8 Å². The third-order valence-corrected chi connectivity index (χ3v) is 2.81. The van der Waals surface area contributed by atoms with E-state index in [1.54, 1.807) is 13.4 Å². The zero-order valence-corrected chi connectivity index (χ0v) is 11.2. The van der Waals surface area contributed by atoms with Crippen LogP contribution in [0.25, 0.3) is 0 Å². The van der Waals surface area contributed by atoms with Crippen molar-refractivity contribution in [1.29, 1.82) is 0 Å². The van der Waals surface area contributed by atoms with Crippen LogP contribution in [0.4, 0.5) is 0 Å². The van der Waals surface area contributed by atoms with Gasteiger partial charge >= 0.3 is 0 Å². The maximum atomic E-state index is 4.18. The predicted molar refractivity (Wildman–Crippen MR) is 68.6 cm³/mol. The van der Waals surface area contributed by atoms with Gasteiger partial charge in [-0.2, -0.15) is 0 Å². The first-order valence-electron chi connectivity index (χ1n) is 5.84. The van der Waals surface area contributed by atoms with Gasteiger partial charge in [0, 0.05) is 20.1 Å². The molecule has 0 saturated heterocycles. The Hall–Kier alpha value is -1.59. The molecule has 6 nitrogen and oxygen atoms in total. The summed E-state index contributed by atoms with van der Waals surface area (Å²) in [5.74, 6) is 2.22. The highest BCUT2D eigenvalue weighted by molar-refractivity contribution is 5.79. The first kappa shape index (κ1) is 13.5. The minimum absolute atomic E-state index is 0.376. The van der Waals surface area contributed by atoms with Crippen LogP contribution in [-0.2, 0) is 13.6 Å². The predicted octanol–water partition coefficient (Wildman–Crippen LogP) is 0.525. The van der Waals surface area contributed by atoms with Crippen LogP contribution in [0.1, 0.15) is 26.6 Å². The molecule has 1 unspecified atom stereocenters. The summed E-state index contributed by atoms with van der Waals surface area (Å²) in [6.45, 7) is 7.10. The van der Waals surface area contributed by atoms with Crippen LogP contribution in [-0.4, -0.2) is 33.8 Å². The molecule has 0 aliphatic carbocycles. The molecule has 17 heavy (non-hydrogen) atoms. The Morgan fingerprint density at radius 1 is 1.47 bits per heavy atom. The molecule has 1 aromatic rings. The Morgan fingerprint density at radius 2 is 2.18 bits per heavy atom. The van der Waals surface area contributed by atoms with Crippen molar-refractivity contribution >= 4 is 5.96 Å². The van der Waals surface area contributed by atoms with Gasteiger partial charge in [-0.15, -0.1) is 10.2 Å². The molecule has 1 heterocycles. The molecule has 2 N–H and O–H groups in total. The second-order valence-corrected chi connectivity index (χ2v) is 4.46. The fourth-order valence-corrected chi connectivity index (χ4v) is 1.21. The molecule has 0 radical (unpaired) electrons. The van der Waals surface area contributed by atoms with Crippen LogP contribution >= 0.6 is 0 Å². The average molecular weight is 238 g/mol. The van der Waals surface area contributed by atoms with E-state index in [-0.39, 0.29) is 0 Å². The minimum Gasteiger partial charge on any atom is -0.354 e. The molecule has 1 atom stereocenters. The summed E-state index contributed by atoms with van der Waals surface area (Å²) in [7, 11) is 3.68. The lowest BCUT2D eigenvalue weighted by atomic mass is 10.1. The van der Waals surface area contributed by atoms with E-state index in [9.17, 15) is 0 Å². The maximum absolute atomic E-state index is 4.18. The molecular weight excluding hydrogens is 216 g/mol. The van der Waals surface area contributed by atoms with Crippen molar-refractivity contribution in [2.75, 3.05) is 7.05 Å². The lowest BCUT2D eigenvalue weighted by Gasteiger charge is -2.20. The van der Waals surface area contributed by atoms with Gasteiger partial charge in [0.15, 0.2) is 11.8 Å². The second kappa shape index (κ2) is 6.22. The number of nitrogens with one attached hydrogen (secondary N) is 2. The average Bonchev–Trinajstić information content (AvgIpc) is 2.69. The molecular formula is C11H22N6. The first-order chi connectivity index (χ1) is 8.04. The Bertz CT molecular complexity index is 368. The molecule has 1 rings (SSSR count). The van der Waals surface area contributed by atoms with Gasteiger partial charge in [0.05, 0.1) is 6.54 Å². The van der Waals surface area contributed by atoms with Crippen molar-refractivity contribution in [3.05, 3.63) is 12.2 Å². The summed E-state index contributed by atoms with van der Waals surface area (Å²) in [6.07, 6.45) is 1.68. The van der Waals surface area contributed by atoms with Crippen molar-refractivity contribution in [2.45, 2.75) is 33.4 Å². The fraction of sp³-hybridized carbons (Fsp3) is 0.727. The van der Waals surface area contributed by atoms with Crippen molar-refractivity contribution in [3.8, 4) is 0 Å². The highest BCUT2D eigenvalue weighted by atomic mass is 15.3. The summed E-state index contributed by atoms with van der Waals surface area (Å²) in [5, 5.41) is 14.4. The van der Waals surface area contributed by atoms with E-state index in [4.69, 9.17) is 0 Å². The van der Waals surface area contributed by atoms with Crippen LogP contribution in [0.2, 0.25) is 0 Å². The van der Waals surface area contributed by atoms with Gasteiger partial charge in [-0.3, -0.25) is 4.99 Å². The number of nitrogens with zero attached hydrogens (tertiary/aromatic N) is 4. The largest absolute Gasteiger partial charge is 0.354 e. The van der Waals surface area contributed by atoms with E-state index >= 15 is 0 Å². The standard InChI is InChI=1S/C11H22N6/c1-8(2)9(3)15-11(12-4)13-6-10-16-14-7-17(10)5/h7-9H,6H2,1-5H3,(H2,12,13,15). The van der Waals surface area contributed by atoms with Gasteiger partial charge in [0.2, 0.25) is 0 Å². The molecule has 0 aromatic carbocycles. The van der Waals surface area contributed by atoms with E-state index < -0.39 is 0 Å². The zero-order chi connectivity index (χ0) is 12.8. The number of hydrogen-bond donors (Lipinski definition) is 2. The molecule has 0 saturated carbocycles. The first-order valence-corrected chi connectivity index (χ1v) is 5.84. The van der Waals surface area contributed by atoms with Crippen molar-refractivity contribution < 1.29 is 0 Å². The smallest absolute Gasteiger partial charge is 0.191 e. The second-order valence-electron chi connectivity index (χ2n) is 4.46. The monoisotopic (exact) mass is 238 g/mol. The van der Waals surface area contributed by atoms with E-state index in [1.807, 2.05) is 11.6 Å². The van der Waals surface area contributed by atoms with Crippen LogP contribution in [0.5, 0.6) is 0 Å². The molecule has 0 amide bonds. The van der Waals surface area contributed by atoms with Crippen LogP contribution in [0, 0.1) is 5.92 Å². The molecule has 0 fully saturated rings. The number of guanidine groups is 1. The maximum Gasteiger partial charge on any atom is 0.191 e. The normalized spacial score (nSPS) is 13.9. The van der Waals surface area contributed by atoms with Gasteiger partial charge < -0.3 is 15.2 Å². The highest BCUT2D eigenvalue weighted by Gasteiger charge is 2.09. The number of rotatable bonds is 4. The molecule has 0 bridgehead atoms. The number of aromatic nitrogens is 3. The third-order valence-electron chi connectivity index (χ3n) is 2.81. The van der Waals surface area contributed by atoms with E-state index in [0.29, 0.717) is 18.5 Å². The van der Waals surface area contributed by atoms with Crippen LogP contribution in [0.3, 0.4) is 0 Å². The summed E-state index contributed by atoms with van der Waals surface area (Å²) < 4.78 is 1.88. The van der Waals surface area contributed by atoms with Gasteiger partial charge in [0.1, 0.15) is 6.33 Å². The molecule has 0 aliphatic rings. The molecule has 96 valence electrons. The lowest BCUT2D eigenvalue weighted by Crippen LogP contribution is -2.44. The SMILES string of the molecule is CN=C(NCc1nncn1C)NC(C)C(C)C. The Balaban J connectivity index is 2.46. The Morgan fingerprint density at radius 3 is 2.65 bits per heavy atom. The summed E-state index contributed by atoms with van der Waals surface area (Å²) in [6, 6.07) is 0.376. The molecule has 0 aliphatic heterocycles. The lowest BCUT2D eigenvalue weighted by molar-refractivity contribution is 0.480. The number of aryl methyl sites for hydroxylation is 1. The number of hydrogen-bond acceptors (Lipinski definition) is 3. The summed E-state index contributed by atoms with van der Waals surface area (Å²) in [4.78, 5) is 4.18. The molecule has 0 spiro atoms. The molecule has 6 heteroatoms. The minimum atomic E-state index is 0.376. The summed E-state index contributed by atoms with van der Waals surface area (Å²) in [5.41, 5.74) is 0. The van der Waals surface area contributed by atoms with Crippen LogP contribution in [0.15, 0.2) is 11.3 Å². The topological polar surface area (TPSA) is 67.1 Å². The Labute approximate surface area is 103 Å². The van der Waals surface area contributed by atoms with Gasteiger partial charge in [-0.25, -0.2) is 0 Å². The van der Waals surface area contributed by atoms with Crippen LogP contribution < -0.4 is 10.6 Å². The number of aliphatic imine (C=N–C) groups is 1. The van der Waals surface area contributed by atoms with Crippen molar-refractivity contribution in [2.24, 2.45) is 18.0 Å². The van der Waals surface area contributed by atoms with Gasteiger partial charge in [-0.05, 0) is 12.8 Å². The highest BCUT2D eigenvalue weighted by Crippen LogP contribution is 1.99. The third kappa shape index (κ3) is 4.05. The summed E-state index contributed by atoms with van der Waals surface area (Å²) >= 11 is 0. The van der Waals surface area contributed by atoms with Gasteiger partial charge in [-0.1, -0.05) is 13.8 Å². The quantitative estimate of drug-likeness (QED) is 0.593. The Kier molecular flexibility index (Phi) is 4.93. The van der Waals surface area contributed by atoms with E-state index in [1.165, 1.54) is 0 Å². The fourth-order valence-electron chi connectivity index (χ4n) is 1.21. The van der Waals surface area contributed by atoms with E-state index in [2.05, 4.69) is 46.6 Å². The van der Waals surface area contributed by atoms with Gasteiger partial charge in [0.25, 0.3) is 0 Å².